The van der Waals surface area contributed by atoms with Gasteiger partial charge in [0, 0.05) is 18.8 Å². The molecule has 0 saturated carbocycles. The van der Waals surface area contributed by atoms with Gasteiger partial charge in [0.05, 0.1) is 21.8 Å². The van der Waals surface area contributed by atoms with Crippen molar-refractivity contribution in [3.8, 4) is 17.5 Å². The Labute approximate surface area is 182 Å². The second kappa shape index (κ2) is 9.79. The van der Waals surface area contributed by atoms with Gasteiger partial charge in [-0.05, 0) is 24.5 Å². The highest BCUT2D eigenvalue weighted by atomic mass is 35.5. The summed E-state index contributed by atoms with van der Waals surface area (Å²) in [6, 6.07) is 5.08. The fourth-order valence-corrected chi connectivity index (χ4v) is 3.18. The van der Waals surface area contributed by atoms with Crippen molar-refractivity contribution in [2.75, 3.05) is 7.05 Å². The van der Waals surface area contributed by atoms with Crippen LogP contribution in [0.4, 0.5) is 13.2 Å². The first-order valence-corrected chi connectivity index (χ1v) is 9.63. The number of rotatable bonds is 6. The van der Waals surface area contributed by atoms with E-state index < -0.39 is 29.6 Å². The normalized spacial score (nSPS) is 12.2. The molecule has 1 aromatic heterocycles. The molecule has 0 aliphatic rings. The van der Waals surface area contributed by atoms with Crippen molar-refractivity contribution < 1.29 is 22.8 Å². The van der Waals surface area contributed by atoms with Gasteiger partial charge < -0.3 is 5.32 Å². The molecule has 2 rings (SSSR count). The molecule has 0 aliphatic carbocycles. The number of nitrogens with one attached hydrogen (secondary N) is 1. The minimum atomic E-state index is -4.60. The Morgan fingerprint density at radius 1 is 1.29 bits per heavy atom. The van der Waals surface area contributed by atoms with E-state index in [1.165, 1.54) is 31.3 Å². The van der Waals surface area contributed by atoms with E-state index in [9.17, 15) is 22.8 Å². The summed E-state index contributed by atoms with van der Waals surface area (Å²) in [4.78, 5) is 29.8. The molecule has 0 bridgehead atoms. The Balaban J connectivity index is 2.34. The van der Waals surface area contributed by atoms with Crippen molar-refractivity contribution in [2.24, 2.45) is 5.92 Å². The maximum absolute atomic E-state index is 13.3. The molecule has 164 valence electrons. The standard InChI is InChI=1S/C21H20ClF3N4O2/c1-12(2)8-17(20(31)29(3)11-26)28-19(30)13-9-16(22)18(27-10-13)14-6-4-5-7-15(14)21(23,24)25/h4-7,9-10,12,17H,8H2,1-3H3,(H,28,30)/t17-/m0/s1. The molecule has 0 unspecified atom stereocenters. The summed E-state index contributed by atoms with van der Waals surface area (Å²) in [5.41, 5.74) is -1.26. The van der Waals surface area contributed by atoms with Gasteiger partial charge in [0.2, 0.25) is 0 Å². The number of carbonyl (C=O) groups is 2. The van der Waals surface area contributed by atoms with Crippen LogP contribution >= 0.6 is 11.6 Å². The van der Waals surface area contributed by atoms with Crippen LogP contribution in [0.3, 0.4) is 0 Å². The molecule has 2 amide bonds. The molecule has 1 N–H and O–H groups in total. The van der Waals surface area contributed by atoms with E-state index in [0.29, 0.717) is 0 Å². The molecule has 0 saturated heterocycles. The minimum absolute atomic E-state index is 0.0283. The van der Waals surface area contributed by atoms with Gasteiger partial charge in [-0.3, -0.25) is 19.5 Å². The predicted molar refractivity (Wildman–Crippen MR) is 109 cm³/mol. The quantitative estimate of drug-likeness (QED) is 0.516. The fourth-order valence-electron chi connectivity index (χ4n) is 2.91. The molecule has 6 nitrogen and oxygen atoms in total. The fraction of sp³-hybridized carbons (Fsp3) is 0.333. The first-order valence-electron chi connectivity index (χ1n) is 9.26. The van der Waals surface area contributed by atoms with E-state index in [2.05, 4.69) is 10.3 Å². The van der Waals surface area contributed by atoms with Gasteiger partial charge in [-0.1, -0.05) is 43.6 Å². The van der Waals surface area contributed by atoms with Crippen LogP contribution in [0.2, 0.25) is 5.02 Å². The molecule has 10 heteroatoms. The smallest absolute Gasteiger partial charge is 0.340 e. The van der Waals surface area contributed by atoms with Crippen LogP contribution in [0.5, 0.6) is 0 Å². The van der Waals surface area contributed by atoms with Gasteiger partial charge in [-0.15, -0.1) is 0 Å². The molecule has 0 fully saturated rings. The minimum Gasteiger partial charge on any atom is -0.340 e. The number of alkyl halides is 3. The van der Waals surface area contributed by atoms with Crippen molar-refractivity contribution in [1.29, 1.82) is 5.26 Å². The topological polar surface area (TPSA) is 86.1 Å². The Morgan fingerprint density at radius 2 is 1.94 bits per heavy atom. The lowest BCUT2D eigenvalue weighted by molar-refractivity contribution is -0.137. The Morgan fingerprint density at radius 3 is 2.48 bits per heavy atom. The predicted octanol–water partition coefficient (Wildman–Crippen LogP) is 4.50. The molecular weight excluding hydrogens is 433 g/mol. The van der Waals surface area contributed by atoms with Gasteiger partial charge >= 0.3 is 6.18 Å². The van der Waals surface area contributed by atoms with Crippen molar-refractivity contribution in [1.82, 2.24) is 15.2 Å². The third kappa shape index (κ3) is 5.95. The first kappa shape index (κ1) is 24.2. The number of amides is 2. The van der Waals surface area contributed by atoms with Crippen molar-refractivity contribution in [2.45, 2.75) is 32.5 Å². The highest BCUT2D eigenvalue weighted by Crippen LogP contribution is 2.38. The third-order valence-corrected chi connectivity index (χ3v) is 4.67. The van der Waals surface area contributed by atoms with Gasteiger partial charge in [0.1, 0.15) is 6.04 Å². The average molecular weight is 453 g/mol. The van der Waals surface area contributed by atoms with E-state index >= 15 is 0 Å². The maximum atomic E-state index is 13.3. The van der Waals surface area contributed by atoms with Crippen molar-refractivity contribution >= 4 is 23.4 Å². The second-order valence-corrected chi connectivity index (χ2v) is 7.66. The van der Waals surface area contributed by atoms with Gasteiger partial charge in [0.25, 0.3) is 11.8 Å². The summed E-state index contributed by atoms with van der Waals surface area (Å²) in [5.74, 6) is -1.22. The van der Waals surface area contributed by atoms with E-state index in [1.54, 1.807) is 6.19 Å². The van der Waals surface area contributed by atoms with Crippen molar-refractivity contribution in [3.05, 3.63) is 52.7 Å². The summed E-state index contributed by atoms with van der Waals surface area (Å²) in [7, 11) is 1.28. The number of benzene rings is 1. The van der Waals surface area contributed by atoms with E-state index in [1.807, 2.05) is 13.8 Å². The lowest BCUT2D eigenvalue weighted by atomic mass is 10.0. The molecule has 2 aromatic rings. The lowest BCUT2D eigenvalue weighted by Gasteiger charge is -2.21. The number of pyridine rings is 1. The molecule has 1 atom stereocenters. The number of carbonyl (C=O) groups excluding carboxylic acids is 2. The number of likely N-dealkylation sites (N-methyl/N-ethyl adjacent to an activating group) is 1. The van der Waals surface area contributed by atoms with Gasteiger partial charge in [0.15, 0.2) is 6.19 Å². The summed E-state index contributed by atoms with van der Waals surface area (Å²) >= 11 is 6.16. The second-order valence-electron chi connectivity index (χ2n) is 7.25. The lowest BCUT2D eigenvalue weighted by Crippen LogP contribution is -2.46. The van der Waals surface area contributed by atoms with Crippen molar-refractivity contribution in [3.63, 3.8) is 0 Å². The largest absolute Gasteiger partial charge is 0.417 e. The first-order chi connectivity index (χ1) is 14.5. The van der Waals surface area contributed by atoms with Crippen LogP contribution in [-0.2, 0) is 11.0 Å². The molecule has 0 aliphatic heterocycles. The number of halogens is 4. The zero-order valence-corrected chi connectivity index (χ0v) is 17.8. The molecule has 0 spiro atoms. The summed E-state index contributed by atoms with van der Waals surface area (Å²) in [6.45, 7) is 3.70. The molecule has 31 heavy (non-hydrogen) atoms. The van der Waals surface area contributed by atoms with Gasteiger partial charge in [-0.2, -0.15) is 18.4 Å². The maximum Gasteiger partial charge on any atom is 0.417 e. The SMILES string of the molecule is CC(C)C[C@H](NC(=O)c1cnc(-c2ccccc2C(F)(F)F)c(Cl)c1)C(=O)N(C)C#N. The number of nitriles is 1. The third-order valence-electron chi connectivity index (χ3n) is 4.38. The summed E-state index contributed by atoms with van der Waals surface area (Å²) in [5, 5.41) is 11.3. The number of hydrogen-bond acceptors (Lipinski definition) is 4. The molecule has 0 radical (unpaired) electrons. The van der Waals surface area contributed by atoms with Crippen LogP contribution < -0.4 is 5.32 Å². The highest BCUT2D eigenvalue weighted by Gasteiger charge is 2.34. The average Bonchev–Trinajstić information content (AvgIpc) is 2.71. The monoisotopic (exact) mass is 452 g/mol. The van der Waals surface area contributed by atoms with Crippen LogP contribution in [0.15, 0.2) is 36.5 Å². The van der Waals surface area contributed by atoms with Crippen LogP contribution in [-0.4, -0.2) is 34.8 Å². The zero-order chi connectivity index (χ0) is 23.3. The molecule has 1 aromatic carbocycles. The van der Waals surface area contributed by atoms with Crippen LogP contribution in [0.1, 0.15) is 36.2 Å². The number of hydrogen-bond donors (Lipinski definition) is 1. The Kier molecular flexibility index (Phi) is 7.63. The van der Waals surface area contributed by atoms with Crippen LogP contribution in [0, 0.1) is 17.4 Å². The molecular formula is C21H20ClF3N4O2. The Hall–Kier alpha value is -3.12. The number of nitrogens with zero attached hydrogens (tertiary/aromatic N) is 3. The van der Waals surface area contributed by atoms with Gasteiger partial charge in [-0.25, -0.2) is 0 Å². The Bertz CT molecular complexity index is 1020. The van der Waals surface area contributed by atoms with Crippen LogP contribution in [0.25, 0.3) is 11.3 Å². The molecule has 1 heterocycles. The summed E-state index contributed by atoms with van der Waals surface area (Å²) in [6.07, 6.45) is -1.53. The highest BCUT2D eigenvalue weighted by molar-refractivity contribution is 6.33. The number of aromatic nitrogens is 1. The van der Waals surface area contributed by atoms with E-state index in [4.69, 9.17) is 16.9 Å². The summed E-state index contributed by atoms with van der Waals surface area (Å²) < 4.78 is 39.9. The zero-order valence-electron chi connectivity index (χ0n) is 17.0. The van der Waals surface area contributed by atoms with E-state index in [-0.39, 0.29) is 34.2 Å². The van der Waals surface area contributed by atoms with E-state index in [0.717, 1.165) is 17.2 Å².